The van der Waals surface area contributed by atoms with E-state index in [0.717, 1.165) is 44.0 Å². The first-order chi connectivity index (χ1) is 10.1. The van der Waals surface area contributed by atoms with Crippen LogP contribution in [0, 0.1) is 11.8 Å². The summed E-state index contributed by atoms with van der Waals surface area (Å²) in [6.45, 7) is 7.03. The third-order valence-electron chi connectivity index (χ3n) is 4.89. The summed E-state index contributed by atoms with van der Waals surface area (Å²) in [5.74, 6) is 3.06. The summed E-state index contributed by atoms with van der Waals surface area (Å²) in [5, 5.41) is 8.55. The van der Waals surface area contributed by atoms with Crippen LogP contribution in [-0.2, 0) is 17.9 Å². The summed E-state index contributed by atoms with van der Waals surface area (Å²) in [7, 11) is 0. The first-order valence-electron chi connectivity index (χ1n) is 8.02. The van der Waals surface area contributed by atoms with Crippen LogP contribution >= 0.6 is 24.8 Å². The fourth-order valence-corrected chi connectivity index (χ4v) is 3.67. The van der Waals surface area contributed by atoms with E-state index in [-0.39, 0.29) is 36.6 Å². The van der Waals surface area contributed by atoms with Crippen molar-refractivity contribution in [1.82, 2.24) is 19.7 Å². The summed E-state index contributed by atoms with van der Waals surface area (Å²) in [4.78, 5) is 14.7. The van der Waals surface area contributed by atoms with Gasteiger partial charge >= 0.3 is 0 Å². The van der Waals surface area contributed by atoms with Crippen molar-refractivity contribution < 1.29 is 4.79 Å². The molecule has 1 amide bonds. The number of fused-ring (bicyclic) bond motifs is 1. The number of carbonyl (C=O) groups excluding carboxylic acids is 1. The van der Waals surface area contributed by atoms with Gasteiger partial charge in [-0.05, 0) is 25.3 Å². The lowest BCUT2D eigenvalue weighted by Gasteiger charge is -2.31. The maximum absolute atomic E-state index is 12.7. The number of rotatable bonds is 3. The number of carbonyl (C=O) groups is 1. The first kappa shape index (κ1) is 20.2. The number of hydrogen-bond acceptors (Lipinski definition) is 4. The quantitative estimate of drug-likeness (QED) is 0.890. The molecule has 2 atom stereocenters. The molecule has 132 valence electrons. The van der Waals surface area contributed by atoms with Crippen LogP contribution in [0.3, 0.4) is 0 Å². The highest BCUT2D eigenvalue weighted by atomic mass is 35.5. The average molecular weight is 364 g/mol. The SMILES string of the molecule is CC(C)c1nnc2n1CCN(C(=O)[C@@H]1CCC[C@@H]1CN)C2.Cl.Cl. The normalized spacial score (nSPS) is 23.2. The van der Waals surface area contributed by atoms with Crippen LogP contribution in [0.25, 0.3) is 0 Å². The fraction of sp³-hybridized carbons (Fsp3) is 0.800. The van der Waals surface area contributed by atoms with Gasteiger partial charge in [0.1, 0.15) is 5.82 Å². The van der Waals surface area contributed by atoms with Gasteiger partial charge in [-0.25, -0.2) is 0 Å². The molecule has 0 unspecified atom stereocenters. The van der Waals surface area contributed by atoms with Crippen molar-refractivity contribution in [2.24, 2.45) is 17.6 Å². The minimum atomic E-state index is 0. The molecule has 23 heavy (non-hydrogen) atoms. The van der Waals surface area contributed by atoms with Crippen LogP contribution in [0.1, 0.15) is 50.7 Å². The lowest BCUT2D eigenvalue weighted by molar-refractivity contribution is -0.138. The lowest BCUT2D eigenvalue weighted by Crippen LogP contribution is -2.43. The Labute approximate surface area is 150 Å². The van der Waals surface area contributed by atoms with Gasteiger partial charge < -0.3 is 15.2 Å². The molecule has 0 spiro atoms. The number of nitrogens with zero attached hydrogens (tertiary/aromatic N) is 4. The summed E-state index contributed by atoms with van der Waals surface area (Å²) in [5.41, 5.74) is 5.81. The highest BCUT2D eigenvalue weighted by molar-refractivity contribution is 5.85. The smallest absolute Gasteiger partial charge is 0.226 e. The van der Waals surface area contributed by atoms with E-state index in [2.05, 4.69) is 28.6 Å². The molecule has 0 aromatic carbocycles. The van der Waals surface area contributed by atoms with E-state index in [1.165, 1.54) is 0 Å². The van der Waals surface area contributed by atoms with E-state index >= 15 is 0 Å². The van der Waals surface area contributed by atoms with Crippen LogP contribution in [0.4, 0.5) is 0 Å². The Morgan fingerprint density at radius 3 is 2.65 bits per heavy atom. The van der Waals surface area contributed by atoms with Gasteiger partial charge in [-0.1, -0.05) is 20.3 Å². The number of hydrogen-bond donors (Lipinski definition) is 1. The van der Waals surface area contributed by atoms with Gasteiger partial charge in [0.15, 0.2) is 5.82 Å². The molecule has 2 N–H and O–H groups in total. The zero-order valence-corrected chi connectivity index (χ0v) is 15.4. The van der Waals surface area contributed by atoms with Crippen LogP contribution in [0.2, 0.25) is 0 Å². The topological polar surface area (TPSA) is 77.0 Å². The third-order valence-corrected chi connectivity index (χ3v) is 4.89. The molecular weight excluding hydrogens is 337 g/mol. The molecular formula is C15H27Cl2N5O. The van der Waals surface area contributed by atoms with Crippen LogP contribution in [-0.4, -0.2) is 38.7 Å². The molecule has 0 saturated heterocycles. The van der Waals surface area contributed by atoms with Gasteiger partial charge in [-0.2, -0.15) is 0 Å². The van der Waals surface area contributed by atoms with Crippen LogP contribution in [0.15, 0.2) is 0 Å². The molecule has 0 radical (unpaired) electrons. The Morgan fingerprint density at radius 1 is 1.26 bits per heavy atom. The van der Waals surface area contributed by atoms with Gasteiger partial charge in [-0.15, -0.1) is 35.0 Å². The van der Waals surface area contributed by atoms with Crippen LogP contribution in [0.5, 0.6) is 0 Å². The van der Waals surface area contributed by atoms with Gasteiger partial charge in [-0.3, -0.25) is 4.79 Å². The van der Waals surface area contributed by atoms with E-state index in [1.54, 1.807) is 0 Å². The van der Waals surface area contributed by atoms with E-state index in [0.29, 0.717) is 24.9 Å². The summed E-state index contributed by atoms with van der Waals surface area (Å²) in [6.07, 6.45) is 3.20. The zero-order valence-electron chi connectivity index (χ0n) is 13.8. The second kappa shape index (κ2) is 8.31. The minimum Gasteiger partial charge on any atom is -0.333 e. The highest BCUT2D eigenvalue weighted by Crippen LogP contribution is 2.33. The molecule has 1 saturated carbocycles. The molecule has 2 aliphatic rings. The van der Waals surface area contributed by atoms with Crippen molar-refractivity contribution in [2.75, 3.05) is 13.1 Å². The van der Waals surface area contributed by atoms with E-state index in [9.17, 15) is 4.79 Å². The van der Waals surface area contributed by atoms with Gasteiger partial charge in [0.25, 0.3) is 0 Å². The predicted octanol–water partition coefficient (Wildman–Crippen LogP) is 1.96. The van der Waals surface area contributed by atoms with Crippen molar-refractivity contribution in [3.8, 4) is 0 Å². The third kappa shape index (κ3) is 3.80. The Kier molecular flexibility index (Phi) is 7.29. The second-order valence-electron chi connectivity index (χ2n) is 6.57. The molecule has 8 heteroatoms. The Bertz CT molecular complexity index is 534. The Balaban J connectivity index is 0.00000132. The maximum Gasteiger partial charge on any atom is 0.226 e. The van der Waals surface area contributed by atoms with Gasteiger partial charge in [0.05, 0.1) is 6.54 Å². The van der Waals surface area contributed by atoms with E-state index < -0.39 is 0 Å². The number of amides is 1. The van der Waals surface area contributed by atoms with Crippen molar-refractivity contribution in [3.63, 3.8) is 0 Å². The molecule has 2 heterocycles. The van der Waals surface area contributed by atoms with Crippen LogP contribution < -0.4 is 5.73 Å². The molecule has 6 nitrogen and oxygen atoms in total. The molecule has 1 aromatic heterocycles. The average Bonchev–Trinajstić information content (AvgIpc) is 3.11. The lowest BCUT2D eigenvalue weighted by atomic mass is 9.94. The van der Waals surface area contributed by atoms with Crippen molar-refractivity contribution in [3.05, 3.63) is 11.6 Å². The Morgan fingerprint density at radius 2 is 2.00 bits per heavy atom. The summed E-state index contributed by atoms with van der Waals surface area (Å²) >= 11 is 0. The molecule has 1 aliphatic heterocycles. The zero-order chi connectivity index (χ0) is 15.0. The van der Waals surface area contributed by atoms with Gasteiger partial charge in [0.2, 0.25) is 5.91 Å². The predicted molar refractivity (Wildman–Crippen MR) is 93.9 cm³/mol. The molecule has 1 aliphatic carbocycles. The second-order valence-corrected chi connectivity index (χ2v) is 6.57. The van der Waals surface area contributed by atoms with E-state index in [1.807, 2.05) is 4.90 Å². The summed E-state index contributed by atoms with van der Waals surface area (Å²) in [6, 6.07) is 0. The van der Waals surface area contributed by atoms with Crippen molar-refractivity contribution in [1.29, 1.82) is 0 Å². The minimum absolute atomic E-state index is 0. The van der Waals surface area contributed by atoms with E-state index in [4.69, 9.17) is 5.73 Å². The largest absolute Gasteiger partial charge is 0.333 e. The standard InChI is InChI=1S/C15H25N5O.2ClH/c1-10(2)14-18-17-13-9-19(6-7-20(13)14)15(21)12-5-3-4-11(12)8-16;;/h10-12H,3-9,16H2,1-2H3;2*1H/t11-,12-;;/m1../s1. The highest BCUT2D eigenvalue weighted by Gasteiger charge is 2.36. The first-order valence-corrected chi connectivity index (χ1v) is 8.02. The molecule has 0 bridgehead atoms. The summed E-state index contributed by atoms with van der Waals surface area (Å²) < 4.78 is 2.17. The van der Waals surface area contributed by atoms with Crippen molar-refractivity contribution >= 4 is 30.7 Å². The Hall–Kier alpha value is -0.850. The molecule has 1 fully saturated rings. The number of nitrogens with two attached hydrogens (primary N) is 1. The van der Waals surface area contributed by atoms with Crippen molar-refractivity contribution in [2.45, 2.75) is 52.1 Å². The molecule has 1 aromatic rings. The number of halogens is 2. The van der Waals surface area contributed by atoms with Gasteiger partial charge in [0, 0.05) is 24.9 Å². The maximum atomic E-state index is 12.7. The fourth-order valence-electron chi connectivity index (χ4n) is 3.67. The molecule has 3 rings (SSSR count). The monoisotopic (exact) mass is 363 g/mol. The number of aromatic nitrogens is 3.